The average Bonchev–Trinajstić information content (AvgIpc) is 2.89. The van der Waals surface area contributed by atoms with Crippen LogP contribution in [0, 0.1) is 12.7 Å². The third-order valence-electron chi connectivity index (χ3n) is 3.73. The molecule has 0 aliphatic heterocycles. The number of nitrogens with one attached hydrogen (secondary N) is 2. The molecule has 108 valence electrons. The first kappa shape index (κ1) is 13.8. The van der Waals surface area contributed by atoms with E-state index in [1.54, 1.807) is 12.3 Å². The van der Waals surface area contributed by atoms with E-state index < -0.39 is 0 Å². The number of aromatic amines is 1. The summed E-state index contributed by atoms with van der Waals surface area (Å²) in [5, 5.41) is 4.58. The standard InChI is InChI=1S/C17H18FN3/c1-12-9-15(18)5-4-13(12)6-8-19-10-14-11-21-17-16(14)3-2-7-20-17/h2-5,7,9,11,19H,6,8,10H2,1H3,(H,20,21). The van der Waals surface area contributed by atoms with Crippen LogP contribution in [0.2, 0.25) is 0 Å². The lowest BCUT2D eigenvalue weighted by atomic mass is 10.1. The molecule has 0 amide bonds. The monoisotopic (exact) mass is 283 g/mol. The Kier molecular flexibility index (Phi) is 3.97. The number of aryl methyl sites for hydroxylation is 1. The van der Waals surface area contributed by atoms with Crippen LogP contribution in [0.4, 0.5) is 4.39 Å². The van der Waals surface area contributed by atoms with Crippen molar-refractivity contribution in [2.75, 3.05) is 6.54 Å². The van der Waals surface area contributed by atoms with Crippen molar-refractivity contribution in [3.8, 4) is 0 Å². The summed E-state index contributed by atoms with van der Waals surface area (Å²) in [4.78, 5) is 7.45. The molecule has 2 heterocycles. The van der Waals surface area contributed by atoms with E-state index >= 15 is 0 Å². The van der Waals surface area contributed by atoms with Crippen molar-refractivity contribution in [3.63, 3.8) is 0 Å². The van der Waals surface area contributed by atoms with Gasteiger partial charge in [0.2, 0.25) is 0 Å². The minimum Gasteiger partial charge on any atom is -0.346 e. The Morgan fingerprint density at radius 2 is 2.14 bits per heavy atom. The first-order chi connectivity index (χ1) is 10.2. The van der Waals surface area contributed by atoms with Gasteiger partial charge in [0.05, 0.1) is 0 Å². The number of benzene rings is 1. The second kappa shape index (κ2) is 6.06. The molecule has 0 unspecified atom stereocenters. The van der Waals surface area contributed by atoms with Crippen LogP contribution < -0.4 is 5.32 Å². The summed E-state index contributed by atoms with van der Waals surface area (Å²) >= 11 is 0. The van der Waals surface area contributed by atoms with Gasteiger partial charge in [-0.05, 0) is 60.8 Å². The third kappa shape index (κ3) is 3.11. The van der Waals surface area contributed by atoms with E-state index in [9.17, 15) is 4.39 Å². The van der Waals surface area contributed by atoms with Gasteiger partial charge in [-0.15, -0.1) is 0 Å². The van der Waals surface area contributed by atoms with Crippen LogP contribution in [0.25, 0.3) is 11.0 Å². The van der Waals surface area contributed by atoms with E-state index in [1.165, 1.54) is 17.2 Å². The maximum absolute atomic E-state index is 13.0. The van der Waals surface area contributed by atoms with Crippen LogP contribution in [0.5, 0.6) is 0 Å². The largest absolute Gasteiger partial charge is 0.346 e. The van der Waals surface area contributed by atoms with Gasteiger partial charge >= 0.3 is 0 Å². The predicted octanol–water partition coefficient (Wildman–Crippen LogP) is 3.34. The third-order valence-corrected chi connectivity index (χ3v) is 3.73. The molecule has 2 N–H and O–H groups in total. The number of H-pyrrole nitrogens is 1. The van der Waals surface area contributed by atoms with Crippen molar-refractivity contribution in [1.29, 1.82) is 0 Å². The topological polar surface area (TPSA) is 40.7 Å². The van der Waals surface area contributed by atoms with Crippen molar-refractivity contribution in [2.45, 2.75) is 19.9 Å². The number of pyridine rings is 1. The molecule has 0 atom stereocenters. The number of hydrogen-bond donors (Lipinski definition) is 2. The summed E-state index contributed by atoms with van der Waals surface area (Å²) in [6.07, 6.45) is 4.67. The zero-order valence-corrected chi connectivity index (χ0v) is 12.0. The lowest BCUT2D eigenvalue weighted by molar-refractivity contribution is 0.624. The Hall–Kier alpha value is -2.20. The number of fused-ring (bicyclic) bond motifs is 1. The summed E-state index contributed by atoms with van der Waals surface area (Å²) in [5.41, 5.74) is 4.33. The van der Waals surface area contributed by atoms with Crippen LogP contribution in [0.1, 0.15) is 16.7 Å². The highest BCUT2D eigenvalue weighted by atomic mass is 19.1. The number of aromatic nitrogens is 2. The van der Waals surface area contributed by atoms with E-state index in [-0.39, 0.29) is 5.82 Å². The number of halogens is 1. The summed E-state index contributed by atoms with van der Waals surface area (Å²) in [6, 6.07) is 8.98. The van der Waals surface area contributed by atoms with Crippen molar-refractivity contribution >= 4 is 11.0 Å². The van der Waals surface area contributed by atoms with Crippen molar-refractivity contribution in [3.05, 3.63) is 65.2 Å². The molecule has 0 fully saturated rings. The molecule has 2 aromatic heterocycles. The highest BCUT2D eigenvalue weighted by Crippen LogP contribution is 2.15. The van der Waals surface area contributed by atoms with Gasteiger partial charge in [0.25, 0.3) is 0 Å². The highest BCUT2D eigenvalue weighted by Gasteiger charge is 2.04. The van der Waals surface area contributed by atoms with Gasteiger partial charge < -0.3 is 10.3 Å². The Morgan fingerprint density at radius 1 is 1.24 bits per heavy atom. The summed E-state index contributed by atoms with van der Waals surface area (Å²) in [5.74, 6) is -0.171. The maximum atomic E-state index is 13.0. The molecule has 3 rings (SSSR count). The first-order valence-corrected chi connectivity index (χ1v) is 7.11. The quantitative estimate of drug-likeness (QED) is 0.705. The van der Waals surface area contributed by atoms with E-state index in [0.29, 0.717) is 0 Å². The Morgan fingerprint density at radius 3 is 3.00 bits per heavy atom. The maximum Gasteiger partial charge on any atom is 0.137 e. The molecule has 0 saturated heterocycles. The molecule has 3 nitrogen and oxygen atoms in total. The van der Waals surface area contributed by atoms with E-state index in [4.69, 9.17) is 0 Å². The second-order valence-electron chi connectivity index (χ2n) is 5.21. The molecule has 3 aromatic rings. The van der Waals surface area contributed by atoms with E-state index in [0.717, 1.165) is 36.1 Å². The van der Waals surface area contributed by atoms with Crippen LogP contribution in [-0.4, -0.2) is 16.5 Å². The lowest BCUT2D eigenvalue weighted by Crippen LogP contribution is -2.16. The zero-order chi connectivity index (χ0) is 14.7. The van der Waals surface area contributed by atoms with E-state index in [2.05, 4.69) is 21.4 Å². The normalized spacial score (nSPS) is 11.1. The molecule has 0 aliphatic rings. The van der Waals surface area contributed by atoms with Crippen molar-refractivity contribution in [1.82, 2.24) is 15.3 Å². The molecule has 0 spiro atoms. The smallest absolute Gasteiger partial charge is 0.137 e. The fourth-order valence-corrected chi connectivity index (χ4v) is 2.54. The second-order valence-corrected chi connectivity index (χ2v) is 5.21. The van der Waals surface area contributed by atoms with Gasteiger partial charge in [-0.2, -0.15) is 0 Å². The molecule has 21 heavy (non-hydrogen) atoms. The minimum atomic E-state index is -0.171. The summed E-state index contributed by atoms with van der Waals surface area (Å²) in [6.45, 7) is 3.61. The number of rotatable bonds is 5. The van der Waals surface area contributed by atoms with Gasteiger partial charge in [0.1, 0.15) is 11.5 Å². The molecule has 4 heteroatoms. The Bertz CT molecular complexity index is 749. The molecule has 1 aromatic carbocycles. The van der Waals surface area contributed by atoms with Gasteiger partial charge in [0, 0.05) is 24.3 Å². The zero-order valence-electron chi connectivity index (χ0n) is 12.0. The van der Waals surface area contributed by atoms with Crippen LogP contribution in [0.15, 0.2) is 42.7 Å². The van der Waals surface area contributed by atoms with Crippen LogP contribution >= 0.6 is 0 Å². The van der Waals surface area contributed by atoms with Crippen molar-refractivity contribution < 1.29 is 4.39 Å². The Labute approximate surface area is 123 Å². The summed E-state index contributed by atoms with van der Waals surface area (Å²) in [7, 11) is 0. The van der Waals surface area contributed by atoms with Gasteiger partial charge in [-0.3, -0.25) is 0 Å². The molecular weight excluding hydrogens is 265 g/mol. The van der Waals surface area contributed by atoms with Gasteiger partial charge in [-0.1, -0.05) is 6.07 Å². The van der Waals surface area contributed by atoms with Crippen molar-refractivity contribution in [2.24, 2.45) is 0 Å². The van der Waals surface area contributed by atoms with Gasteiger partial charge in [0.15, 0.2) is 0 Å². The number of nitrogens with zero attached hydrogens (tertiary/aromatic N) is 1. The SMILES string of the molecule is Cc1cc(F)ccc1CCNCc1c[nH]c2ncccc12. The van der Waals surface area contributed by atoms with Crippen LogP contribution in [-0.2, 0) is 13.0 Å². The highest BCUT2D eigenvalue weighted by molar-refractivity contribution is 5.79. The molecular formula is C17H18FN3. The molecule has 0 bridgehead atoms. The summed E-state index contributed by atoms with van der Waals surface area (Å²) < 4.78 is 13.0. The molecule has 0 aliphatic carbocycles. The lowest BCUT2D eigenvalue weighted by Gasteiger charge is -2.07. The minimum absolute atomic E-state index is 0.171. The van der Waals surface area contributed by atoms with Gasteiger partial charge in [-0.25, -0.2) is 9.37 Å². The molecule has 0 radical (unpaired) electrons. The fourth-order valence-electron chi connectivity index (χ4n) is 2.54. The van der Waals surface area contributed by atoms with Crippen LogP contribution in [0.3, 0.4) is 0 Å². The van der Waals surface area contributed by atoms with E-state index in [1.807, 2.05) is 25.3 Å². The number of hydrogen-bond acceptors (Lipinski definition) is 2. The fraction of sp³-hybridized carbons (Fsp3) is 0.235. The molecule has 0 saturated carbocycles. The first-order valence-electron chi connectivity index (χ1n) is 7.11. The predicted molar refractivity (Wildman–Crippen MR) is 82.6 cm³/mol. The Balaban J connectivity index is 1.57. The average molecular weight is 283 g/mol.